The van der Waals surface area contributed by atoms with Crippen molar-refractivity contribution in [3.05, 3.63) is 119 Å². The molecule has 0 saturated heterocycles. The Morgan fingerprint density at radius 2 is 1.61 bits per heavy atom. The minimum absolute atomic E-state index is 0.475. The number of fused-ring (bicyclic) bond motifs is 2. The maximum absolute atomic E-state index is 6.05. The van der Waals surface area contributed by atoms with Crippen molar-refractivity contribution in [1.29, 1.82) is 0 Å². The predicted molar refractivity (Wildman–Crippen MR) is 146 cm³/mol. The van der Waals surface area contributed by atoms with Crippen LogP contribution in [0.15, 0.2) is 97.1 Å². The molecule has 0 fully saturated rings. The molecule has 4 aromatic carbocycles. The van der Waals surface area contributed by atoms with Gasteiger partial charge in [0.2, 0.25) is 0 Å². The van der Waals surface area contributed by atoms with Crippen molar-refractivity contribution in [1.82, 2.24) is 15.0 Å². The highest BCUT2D eigenvalue weighted by atomic mass is 32.1. The molecule has 0 aliphatic carbocycles. The SMILES string of the molecule is COc1cc(/C=C(\c2nc3ccccc3[nH]2)c2nc3ccccc3s2)ccc1OCc1ccccc1. The van der Waals surface area contributed by atoms with Gasteiger partial charge in [0.25, 0.3) is 0 Å². The fourth-order valence-electron chi connectivity index (χ4n) is 4.09. The van der Waals surface area contributed by atoms with Crippen LogP contribution in [0, 0.1) is 0 Å². The van der Waals surface area contributed by atoms with Crippen molar-refractivity contribution < 1.29 is 9.47 Å². The number of benzene rings is 4. The summed E-state index contributed by atoms with van der Waals surface area (Å²) in [5.74, 6) is 2.15. The van der Waals surface area contributed by atoms with E-state index in [9.17, 15) is 0 Å². The zero-order chi connectivity index (χ0) is 24.3. The van der Waals surface area contributed by atoms with Crippen LogP contribution in [-0.2, 0) is 6.61 Å². The summed E-state index contributed by atoms with van der Waals surface area (Å²) in [6.07, 6.45) is 2.10. The van der Waals surface area contributed by atoms with Gasteiger partial charge in [0, 0.05) is 0 Å². The third-order valence-corrected chi connectivity index (χ3v) is 6.97. The lowest BCUT2D eigenvalue weighted by Gasteiger charge is -2.12. The number of thiazole rings is 1. The fourth-order valence-corrected chi connectivity index (χ4v) is 5.08. The standard InChI is InChI=1S/C30H23N3O2S/c1-34-27-18-21(15-16-26(27)35-19-20-9-3-2-4-10-20)17-22(29-31-23-11-5-6-12-24(23)32-29)30-33-25-13-7-8-14-28(25)36-30/h2-18H,19H2,1H3,(H,31,32)/b22-17+. The van der Waals surface area contributed by atoms with Crippen LogP contribution >= 0.6 is 11.3 Å². The monoisotopic (exact) mass is 489 g/mol. The molecular weight excluding hydrogens is 466 g/mol. The highest BCUT2D eigenvalue weighted by Gasteiger charge is 2.16. The normalized spacial score (nSPS) is 11.8. The van der Waals surface area contributed by atoms with Crippen LogP contribution in [0.4, 0.5) is 0 Å². The van der Waals surface area contributed by atoms with Gasteiger partial charge in [-0.3, -0.25) is 0 Å². The van der Waals surface area contributed by atoms with Gasteiger partial charge in [-0.2, -0.15) is 0 Å². The largest absolute Gasteiger partial charge is 0.493 e. The van der Waals surface area contributed by atoms with Crippen molar-refractivity contribution >= 4 is 44.2 Å². The summed E-state index contributed by atoms with van der Waals surface area (Å²) in [4.78, 5) is 13.2. The van der Waals surface area contributed by atoms with Gasteiger partial charge in [-0.25, -0.2) is 9.97 Å². The Morgan fingerprint density at radius 1 is 0.833 bits per heavy atom. The first-order chi connectivity index (χ1) is 17.8. The second kappa shape index (κ2) is 9.68. The molecule has 36 heavy (non-hydrogen) atoms. The van der Waals surface area contributed by atoms with Gasteiger partial charge in [-0.15, -0.1) is 11.3 Å². The number of rotatable bonds is 7. The Hall–Kier alpha value is -4.42. The topological polar surface area (TPSA) is 60.0 Å². The Balaban J connectivity index is 1.40. The molecule has 0 radical (unpaired) electrons. The molecule has 2 heterocycles. The summed E-state index contributed by atoms with van der Waals surface area (Å²) in [7, 11) is 1.66. The van der Waals surface area contributed by atoms with Gasteiger partial charge < -0.3 is 14.5 Å². The summed E-state index contributed by atoms with van der Waals surface area (Å²) < 4.78 is 12.9. The Bertz CT molecular complexity index is 1540. The van der Waals surface area contributed by atoms with E-state index in [4.69, 9.17) is 19.4 Å². The van der Waals surface area contributed by atoms with Crippen LogP contribution in [0.3, 0.4) is 0 Å². The van der Waals surface area contributed by atoms with Crippen LogP contribution in [0.1, 0.15) is 22.0 Å². The van der Waals surface area contributed by atoms with Crippen LogP contribution in [-0.4, -0.2) is 22.1 Å². The van der Waals surface area contributed by atoms with E-state index in [2.05, 4.69) is 17.1 Å². The van der Waals surface area contributed by atoms with Crippen molar-refractivity contribution in [2.45, 2.75) is 6.61 Å². The quantitative estimate of drug-likeness (QED) is 0.255. The van der Waals surface area contributed by atoms with Crippen LogP contribution in [0.2, 0.25) is 0 Å². The number of ether oxygens (including phenoxy) is 2. The molecule has 0 bridgehead atoms. The zero-order valence-corrected chi connectivity index (χ0v) is 20.5. The molecule has 6 rings (SSSR count). The number of hydrogen-bond acceptors (Lipinski definition) is 5. The van der Waals surface area contributed by atoms with Gasteiger partial charge in [0.1, 0.15) is 17.4 Å². The Kier molecular flexibility index (Phi) is 5.93. The van der Waals surface area contributed by atoms with Crippen LogP contribution in [0.5, 0.6) is 11.5 Å². The average molecular weight is 490 g/mol. The minimum Gasteiger partial charge on any atom is -0.493 e. The number of H-pyrrole nitrogens is 1. The third-order valence-electron chi connectivity index (χ3n) is 5.90. The summed E-state index contributed by atoms with van der Waals surface area (Å²) in [5.41, 5.74) is 5.87. The lowest BCUT2D eigenvalue weighted by Crippen LogP contribution is -1.98. The van der Waals surface area contributed by atoms with Crippen LogP contribution in [0.25, 0.3) is 32.9 Å². The van der Waals surface area contributed by atoms with E-state index in [1.807, 2.05) is 91.0 Å². The summed E-state index contributed by atoms with van der Waals surface area (Å²) in [6.45, 7) is 0.475. The van der Waals surface area contributed by atoms with Gasteiger partial charge in [-0.1, -0.05) is 60.7 Å². The molecule has 0 unspecified atom stereocenters. The lowest BCUT2D eigenvalue weighted by atomic mass is 10.1. The molecule has 1 N–H and O–H groups in total. The zero-order valence-electron chi connectivity index (χ0n) is 19.6. The maximum Gasteiger partial charge on any atom is 0.161 e. The van der Waals surface area contributed by atoms with E-state index in [-0.39, 0.29) is 0 Å². The highest BCUT2D eigenvalue weighted by Crippen LogP contribution is 2.35. The van der Waals surface area contributed by atoms with Crippen molar-refractivity contribution in [2.24, 2.45) is 0 Å². The molecule has 0 spiro atoms. The maximum atomic E-state index is 6.05. The molecule has 2 aromatic heterocycles. The van der Waals surface area contributed by atoms with Crippen molar-refractivity contribution in [3.63, 3.8) is 0 Å². The Morgan fingerprint density at radius 3 is 2.42 bits per heavy atom. The molecule has 0 amide bonds. The number of methoxy groups -OCH3 is 1. The van der Waals surface area contributed by atoms with Gasteiger partial charge in [-0.05, 0) is 53.6 Å². The number of nitrogens with one attached hydrogen (secondary N) is 1. The molecule has 6 heteroatoms. The summed E-state index contributed by atoms with van der Waals surface area (Å²) in [6, 6.07) is 32.3. The van der Waals surface area contributed by atoms with E-state index in [1.165, 1.54) is 0 Å². The lowest BCUT2D eigenvalue weighted by molar-refractivity contribution is 0.284. The molecule has 5 nitrogen and oxygen atoms in total. The number of nitrogens with zero attached hydrogens (tertiary/aromatic N) is 2. The first-order valence-electron chi connectivity index (χ1n) is 11.6. The van der Waals surface area contributed by atoms with E-state index in [0.717, 1.165) is 48.8 Å². The van der Waals surface area contributed by atoms with E-state index < -0.39 is 0 Å². The molecule has 0 atom stereocenters. The van der Waals surface area contributed by atoms with E-state index >= 15 is 0 Å². The molecular formula is C30H23N3O2S. The highest BCUT2D eigenvalue weighted by molar-refractivity contribution is 7.19. The molecule has 176 valence electrons. The first-order valence-corrected chi connectivity index (χ1v) is 12.5. The number of aromatic nitrogens is 3. The molecule has 0 aliphatic rings. The second-order valence-corrected chi connectivity index (χ2v) is 9.36. The Labute approximate surface area is 212 Å². The number of hydrogen-bond donors (Lipinski definition) is 1. The van der Waals surface area contributed by atoms with E-state index in [0.29, 0.717) is 18.1 Å². The third kappa shape index (κ3) is 4.46. The number of aromatic amines is 1. The van der Waals surface area contributed by atoms with Gasteiger partial charge >= 0.3 is 0 Å². The number of para-hydroxylation sites is 3. The van der Waals surface area contributed by atoms with Gasteiger partial charge in [0.15, 0.2) is 11.5 Å². The fraction of sp³-hybridized carbons (Fsp3) is 0.0667. The first kappa shape index (κ1) is 22.1. The van der Waals surface area contributed by atoms with Crippen LogP contribution < -0.4 is 9.47 Å². The number of imidazole rings is 1. The molecule has 0 saturated carbocycles. The summed E-state index contributed by atoms with van der Waals surface area (Å²) in [5, 5.41) is 0.902. The van der Waals surface area contributed by atoms with Crippen molar-refractivity contribution in [3.8, 4) is 11.5 Å². The molecule has 0 aliphatic heterocycles. The average Bonchev–Trinajstić information content (AvgIpc) is 3.55. The predicted octanol–water partition coefficient (Wildman–Crippen LogP) is 7.35. The summed E-state index contributed by atoms with van der Waals surface area (Å²) >= 11 is 1.65. The smallest absolute Gasteiger partial charge is 0.161 e. The second-order valence-electron chi connectivity index (χ2n) is 8.33. The minimum atomic E-state index is 0.475. The molecule has 6 aromatic rings. The van der Waals surface area contributed by atoms with Gasteiger partial charge in [0.05, 0.1) is 33.9 Å². The van der Waals surface area contributed by atoms with Crippen molar-refractivity contribution in [2.75, 3.05) is 7.11 Å². The van der Waals surface area contributed by atoms with E-state index in [1.54, 1.807) is 18.4 Å².